The van der Waals surface area contributed by atoms with Crippen LogP contribution >= 0.6 is 0 Å². The maximum absolute atomic E-state index is 13.5. The third-order valence-corrected chi connectivity index (χ3v) is 5.62. The smallest absolute Gasteiger partial charge is 0.325 e. The Kier molecular flexibility index (Phi) is 7.84. The molecule has 30 heavy (non-hydrogen) atoms. The molecule has 2 aromatic carbocycles. The van der Waals surface area contributed by atoms with Gasteiger partial charge in [0.2, 0.25) is 10.0 Å². The first-order valence-corrected chi connectivity index (χ1v) is 10.1. The van der Waals surface area contributed by atoms with Gasteiger partial charge in [-0.1, -0.05) is 0 Å². The maximum Gasteiger partial charge on any atom is 0.325 e. The second-order valence-electron chi connectivity index (χ2n) is 6.13. The number of rotatable bonds is 9. The number of benzene rings is 2. The van der Waals surface area contributed by atoms with E-state index in [4.69, 9.17) is 9.47 Å². The summed E-state index contributed by atoms with van der Waals surface area (Å²) in [4.78, 5) is 23.5. The van der Waals surface area contributed by atoms with Crippen molar-refractivity contribution in [3.8, 4) is 5.75 Å². The molecule has 0 saturated heterocycles. The molecular formula is C19H20F2N2O6S. The molecule has 2 aromatic rings. The molecule has 2 rings (SSSR count). The number of amides is 1. The normalized spacial score (nSPS) is 11.2. The standard InChI is InChI=1S/C19H20F2N2O6S/c1-23(2)30(26,27)15-6-4-14(5-7-15)28-9-10-29-18(24)12-22-19(25)16-8-3-13(20)11-17(16)21/h3-8,11H,9-10,12H2,1-2H3,(H,22,25). The minimum Gasteiger partial charge on any atom is -0.490 e. The lowest BCUT2D eigenvalue weighted by molar-refractivity contribution is -0.143. The number of hydrogen-bond acceptors (Lipinski definition) is 6. The fourth-order valence-corrected chi connectivity index (χ4v) is 3.11. The summed E-state index contributed by atoms with van der Waals surface area (Å²) in [5, 5.41) is 2.17. The summed E-state index contributed by atoms with van der Waals surface area (Å²) in [6.45, 7) is -0.643. The lowest BCUT2D eigenvalue weighted by atomic mass is 10.2. The van der Waals surface area contributed by atoms with Gasteiger partial charge in [0, 0.05) is 20.2 Å². The van der Waals surface area contributed by atoms with Crippen molar-refractivity contribution in [1.29, 1.82) is 0 Å². The number of halogens is 2. The first-order valence-electron chi connectivity index (χ1n) is 8.65. The minimum absolute atomic E-state index is 0.00788. The van der Waals surface area contributed by atoms with E-state index in [9.17, 15) is 26.8 Å². The van der Waals surface area contributed by atoms with Crippen LogP contribution in [0.15, 0.2) is 47.4 Å². The van der Waals surface area contributed by atoms with Crippen molar-refractivity contribution in [2.75, 3.05) is 33.9 Å². The Balaban J connectivity index is 1.73. The lowest BCUT2D eigenvalue weighted by Gasteiger charge is -2.12. The van der Waals surface area contributed by atoms with Gasteiger partial charge in [0.15, 0.2) is 0 Å². The van der Waals surface area contributed by atoms with Gasteiger partial charge in [-0.3, -0.25) is 9.59 Å². The van der Waals surface area contributed by atoms with Crippen LogP contribution < -0.4 is 10.1 Å². The second kappa shape index (κ2) is 10.1. The lowest BCUT2D eigenvalue weighted by Crippen LogP contribution is -2.31. The highest BCUT2D eigenvalue weighted by molar-refractivity contribution is 7.89. The first-order chi connectivity index (χ1) is 14.1. The molecule has 0 fully saturated rings. The molecule has 0 aliphatic carbocycles. The van der Waals surface area contributed by atoms with Gasteiger partial charge in [0.1, 0.15) is 37.1 Å². The zero-order valence-electron chi connectivity index (χ0n) is 16.2. The Morgan fingerprint density at radius 3 is 2.30 bits per heavy atom. The molecule has 0 atom stereocenters. The van der Waals surface area contributed by atoms with Crippen LogP contribution in [0.2, 0.25) is 0 Å². The first kappa shape index (κ1) is 23.2. The van der Waals surface area contributed by atoms with E-state index in [1.807, 2.05) is 0 Å². The second-order valence-corrected chi connectivity index (χ2v) is 8.29. The molecule has 0 heterocycles. The van der Waals surface area contributed by atoms with E-state index in [1.165, 1.54) is 38.4 Å². The van der Waals surface area contributed by atoms with Crippen LogP contribution in [0.1, 0.15) is 10.4 Å². The van der Waals surface area contributed by atoms with Crippen molar-refractivity contribution < 1.29 is 36.3 Å². The third kappa shape index (κ3) is 6.22. The zero-order chi connectivity index (χ0) is 22.3. The van der Waals surface area contributed by atoms with E-state index < -0.39 is 45.6 Å². The summed E-state index contributed by atoms with van der Waals surface area (Å²) in [6.07, 6.45) is 0. The SMILES string of the molecule is CN(C)S(=O)(=O)c1ccc(OCCOC(=O)CNC(=O)c2ccc(F)cc2F)cc1. The quantitative estimate of drug-likeness (QED) is 0.467. The fourth-order valence-electron chi connectivity index (χ4n) is 2.21. The molecule has 0 spiro atoms. The Morgan fingerprint density at radius 2 is 1.70 bits per heavy atom. The molecule has 1 amide bonds. The summed E-state index contributed by atoms with van der Waals surface area (Å²) in [5.41, 5.74) is -0.396. The van der Waals surface area contributed by atoms with Gasteiger partial charge in [-0.2, -0.15) is 0 Å². The molecule has 0 radical (unpaired) electrons. The van der Waals surface area contributed by atoms with Crippen LogP contribution in [0, 0.1) is 11.6 Å². The Morgan fingerprint density at radius 1 is 1.03 bits per heavy atom. The van der Waals surface area contributed by atoms with Gasteiger partial charge in [-0.05, 0) is 36.4 Å². The predicted molar refractivity (Wildman–Crippen MR) is 102 cm³/mol. The van der Waals surface area contributed by atoms with E-state index in [-0.39, 0.29) is 18.1 Å². The van der Waals surface area contributed by atoms with Crippen molar-refractivity contribution >= 4 is 21.9 Å². The molecule has 8 nitrogen and oxygen atoms in total. The van der Waals surface area contributed by atoms with Gasteiger partial charge >= 0.3 is 5.97 Å². The number of nitrogens with zero attached hydrogens (tertiary/aromatic N) is 1. The van der Waals surface area contributed by atoms with Gasteiger partial charge in [-0.25, -0.2) is 21.5 Å². The van der Waals surface area contributed by atoms with Crippen LogP contribution in [0.3, 0.4) is 0 Å². The number of ether oxygens (including phenoxy) is 2. The summed E-state index contributed by atoms with van der Waals surface area (Å²) in [5.74, 6) is -3.14. The predicted octanol–water partition coefficient (Wildman–Crippen LogP) is 1.57. The Hall–Kier alpha value is -3.05. The topological polar surface area (TPSA) is 102 Å². The number of sulfonamides is 1. The van der Waals surface area contributed by atoms with Crippen LogP contribution in [0.25, 0.3) is 0 Å². The van der Waals surface area contributed by atoms with Crippen molar-refractivity contribution in [2.24, 2.45) is 0 Å². The minimum atomic E-state index is -3.54. The summed E-state index contributed by atoms with van der Waals surface area (Å²) in [7, 11) is -0.690. The van der Waals surface area contributed by atoms with Crippen LogP contribution in [0.5, 0.6) is 5.75 Å². The maximum atomic E-state index is 13.5. The van der Waals surface area contributed by atoms with Gasteiger partial charge in [-0.15, -0.1) is 0 Å². The monoisotopic (exact) mass is 442 g/mol. The summed E-state index contributed by atoms with van der Waals surface area (Å²) < 4.78 is 61.6. The summed E-state index contributed by atoms with van der Waals surface area (Å²) >= 11 is 0. The number of carbonyl (C=O) groups excluding carboxylic acids is 2. The number of hydrogen-bond donors (Lipinski definition) is 1. The van der Waals surface area contributed by atoms with E-state index in [0.29, 0.717) is 11.8 Å². The zero-order valence-corrected chi connectivity index (χ0v) is 17.0. The fraction of sp³-hybridized carbons (Fsp3) is 0.263. The molecular weight excluding hydrogens is 422 g/mol. The van der Waals surface area contributed by atoms with Gasteiger partial charge in [0.25, 0.3) is 5.91 Å². The van der Waals surface area contributed by atoms with Crippen molar-refractivity contribution in [2.45, 2.75) is 4.90 Å². The molecule has 11 heteroatoms. The third-order valence-electron chi connectivity index (χ3n) is 3.79. The highest BCUT2D eigenvalue weighted by atomic mass is 32.2. The Labute approximate surface area is 172 Å². The Bertz CT molecular complexity index is 1010. The largest absolute Gasteiger partial charge is 0.490 e. The van der Waals surface area contributed by atoms with Crippen molar-refractivity contribution in [3.63, 3.8) is 0 Å². The number of nitrogens with one attached hydrogen (secondary N) is 1. The highest BCUT2D eigenvalue weighted by Crippen LogP contribution is 2.18. The van der Waals surface area contributed by atoms with Crippen LogP contribution in [0.4, 0.5) is 8.78 Å². The molecule has 0 unspecified atom stereocenters. The van der Waals surface area contributed by atoms with Crippen molar-refractivity contribution in [3.05, 3.63) is 59.7 Å². The molecule has 0 aliphatic rings. The van der Waals surface area contributed by atoms with Crippen LogP contribution in [-0.4, -0.2) is 58.5 Å². The van der Waals surface area contributed by atoms with E-state index in [1.54, 1.807) is 0 Å². The molecule has 0 aromatic heterocycles. The van der Waals surface area contributed by atoms with Crippen LogP contribution in [-0.2, 0) is 19.6 Å². The molecule has 0 saturated carbocycles. The molecule has 1 N–H and O–H groups in total. The average Bonchev–Trinajstić information content (AvgIpc) is 2.69. The van der Waals surface area contributed by atoms with Gasteiger partial charge in [0.05, 0.1) is 10.5 Å². The molecule has 0 bridgehead atoms. The summed E-state index contributed by atoms with van der Waals surface area (Å²) in [6, 6.07) is 8.17. The van der Waals surface area contributed by atoms with E-state index >= 15 is 0 Å². The average molecular weight is 442 g/mol. The molecule has 0 aliphatic heterocycles. The number of carbonyl (C=O) groups is 2. The van der Waals surface area contributed by atoms with Gasteiger partial charge < -0.3 is 14.8 Å². The van der Waals surface area contributed by atoms with E-state index in [0.717, 1.165) is 16.4 Å². The van der Waals surface area contributed by atoms with E-state index in [2.05, 4.69) is 5.32 Å². The van der Waals surface area contributed by atoms with Crippen molar-refractivity contribution in [1.82, 2.24) is 9.62 Å². The number of esters is 1. The highest BCUT2D eigenvalue weighted by Gasteiger charge is 2.17. The molecule has 162 valence electrons.